The molecule has 0 N–H and O–H groups in total. The molecule has 119 valence electrons. The van der Waals surface area contributed by atoms with Gasteiger partial charge in [0.15, 0.2) is 0 Å². The summed E-state index contributed by atoms with van der Waals surface area (Å²) in [4.78, 5) is 0. The van der Waals surface area contributed by atoms with Crippen molar-refractivity contribution in [3.05, 3.63) is 54.1 Å². The predicted molar refractivity (Wildman–Crippen MR) is 94.8 cm³/mol. The minimum absolute atomic E-state index is 0.919. The Bertz CT molecular complexity index is 745. The first kappa shape index (κ1) is 15.7. The molecule has 0 spiro atoms. The van der Waals surface area contributed by atoms with Crippen molar-refractivity contribution in [3.8, 4) is 5.69 Å². The van der Waals surface area contributed by atoms with Crippen LogP contribution in [0.4, 0.5) is 0 Å². The van der Waals surface area contributed by atoms with Crippen LogP contribution in [0.15, 0.2) is 42.5 Å². The van der Waals surface area contributed by atoms with Crippen LogP contribution in [0.5, 0.6) is 0 Å². The number of nitrogens with zero attached hydrogens (tertiary/aromatic N) is 3. The van der Waals surface area contributed by atoms with E-state index in [1.54, 1.807) is 0 Å². The Kier molecular flexibility index (Phi) is 5.41. The van der Waals surface area contributed by atoms with Gasteiger partial charge in [-0.2, -0.15) is 0 Å². The van der Waals surface area contributed by atoms with E-state index in [4.69, 9.17) is 0 Å². The maximum Gasteiger partial charge on any atom is 0.113 e. The van der Waals surface area contributed by atoms with Gasteiger partial charge in [-0.15, -0.1) is 5.10 Å². The number of fused-ring (bicyclic) bond motifs is 1. The van der Waals surface area contributed by atoms with Gasteiger partial charge >= 0.3 is 0 Å². The van der Waals surface area contributed by atoms with Crippen LogP contribution in [-0.4, -0.2) is 15.0 Å². The van der Waals surface area contributed by atoms with E-state index in [2.05, 4.69) is 35.4 Å². The second-order valence-corrected chi connectivity index (χ2v) is 6.09. The van der Waals surface area contributed by atoms with E-state index in [0.29, 0.717) is 0 Å². The van der Waals surface area contributed by atoms with Gasteiger partial charge in [0.05, 0.1) is 11.2 Å². The van der Waals surface area contributed by atoms with Gasteiger partial charge in [0.25, 0.3) is 0 Å². The van der Waals surface area contributed by atoms with Crippen molar-refractivity contribution in [1.29, 1.82) is 0 Å². The largest absolute Gasteiger partial charge is 0.212 e. The molecule has 3 nitrogen and oxygen atoms in total. The SMILES string of the molecule is CCCCCCCCc1cc[c]c(-n2nnc3ccccc32)c1. The summed E-state index contributed by atoms with van der Waals surface area (Å²) >= 11 is 0. The average molecular weight is 306 g/mol. The highest BCUT2D eigenvalue weighted by atomic mass is 15.4. The molecule has 2 aromatic carbocycles. The van der Waals surface area contributed by atoms with Crippen molar-refractivity contribution < 1.29 is 0 Å². The minimum Gasteiger partial charge on any atom is -0.212 e. The quantitative estimate of drug-likeness (QED) is 0.540. The maximum atomic E-state index is 4.27. The summed E-state index contributed by atoms with van der Waals surface area (Å²) in [5.41, 5.74) is 4.28. The molecule has 0 aliphatic rings. The smallest absolute Gasteiger partial charge is 0.113 e. The third kappa shape index (κ3) is 3.98. The Morgan fingerprint density at radius 2 is 1.83 bits per heavy atom. The van der Waals surface area contributed by atoms with Crippen LogP contribution in [0.3, 0.4) is 0 Å². The number of hydrogen-bond donors (Lipinski definition) is 0. The molecule has 23 heavy (non-hydrogen) atoms. The van der Waals surface area contributed by atoms with Gasteiger partial charge in [-0.3, -0.25) is 0 Å². The Hall–Kier alpha value is -2.16. The Morgan fingerprint density at radius 3 is 2.74 bits per heavy atom. The Morgan fingerprint density at radius 1 is 1.00 bits per heavy atom. The number of unbranched alkanes of at least 4 members (excludes halogenated alkanes) is 5. The lowest BCUT2D eigenvalue weighted by Crippen LogP contribution is -1.98. The van der Waals surface area contributed by atoms with Gasteiger partial charge in [-0.25, -0.2) is 4.68 Å². The first-order chi connectivity index (χ1) is 11.4. The lowest BCUT2D eigenvalue weighted by atomic mass is 10.0. The lowest BCUT2D eigenvalue weighted by Gasteiger charge is -2.06. The number of rotatable bonds is 8. The summed E-state index contributed by atoms with van der Waals surface area (Å²) in [5, 5.41) is 8.49. The molecule has 0 aliphatic carbocycles. The zero-order chi connectivity index (χ0) is 15.9. The number of para-hydroxylation sites is 1. The molecule has 0 unspecified atom stereocenters. The fourth-order valence-electron chi connectivity index (χ4n) is 2.93. The molecule has 0 fully saturated rings. The van der Waals surface area contributed by atoms with Crippen molar-refractivity contribution in [2.75, 3.05) is 0 Å². The van der Waals surface area contributed by atoms with Crippen LogP contribution in [0.25, 0.3) is 16.7 Å². The Labute approximate surface area is 138 Å². The third-order valence-electron chi connectivity index (χ3n) is 4.25. The van der Waals surface area contributed by atoms with Crippen LogP contribution >= 0.6 is 0 Å². The van der Waals surface area contributed by atoms with Crippen molar-refractivity contribution in [2.45, 2.75) is 51.9 Å². The molecule has 1 heterocycles. The molecule has 0 atom stereocenters. The van der Waals surface area contributed by atoms with E-state index in [9.17, 15) is 0 Å². The molecule has 0 saturated carbocycles. The third-order valence-corrected chi connectivity index (χ3v) is 4.25. The summed E-state index contributed by atoms with van der Waals surface area (Å²) in [7, 11) is 0. The van der Waals surface area contributed by atoms with Crippen molar-refractivity contribution in [2.24, 2.45) is 0 Å². The first-order valence-corrected chi connectivity index (χ1v) is 8.70. The second kappa shape index (κ2) is 7.91. The van der Waals surface area contributed by atoms with Crippen LogP contribution in [0.1, 0.15) is 51.0 Å². The molecule has 1 aromatic heterocycles. The van der Waals surface area contributed by atoms with Gasteiger partial charge in [0, 0.05) is 6.07 Å². The fourth-order valence-corrected chi connectivity index (χ4v) is 2.93. The minimum atomic E-state index is 0.919. The topological polar surface area (TPSA) is 30.7 Å². The standard InChI is InChI=1S/C20H24N3/c1-2-3-4-5-6-7-11-17-12-10-13-18(16-17)23-20-15-9-8-14-19(20)21-22-23/h8-10,12,14-16H,2-7,11H2,1H3. The summed E-state index contributed by atoms with van der Waals surface area (Å²) in [6.45, 7) is 2.26. The highest BCUT2D eigenvalue weighted by Gasteiger charge is 2.06. The molecule has 3 heteroatoms. The normalized spacial score (nSPS) is 11.2. The highest BCUT2D eigenvalue weighted by molar-refractivity contribution is 5.75. The monoisotopic (exact) mass is 306 g/mol. The zero-order valence-corrected chi connectivity index (χ0v) is 13.8. The molecule has 3 rings (SSSR count). The van der Waals surface area contributed by atoms with Crippen LogP contribution in [-0.2, 0) is 6.42 Å². The molecule has 1 radical (unpaired) electrons. The molecule has 0 amide bonds. The van der Waals surface area contributed by atoms with Crippen molar-refractivity contribution in [1.82, 2.24) is 15.0 Å². The number of aryl methyl sites for hydroxylation is 1. The van der Waals surface area contributed by atoms with Crippen molar-refractivity contribution >= 4 is 11.0 Å². The molecular weight excluding hydrogens is 282 g/mol. The first-order valence-electron chi connectivity index (χ1n) is 8.70. The average Bonchev–Trinajstić information content (AvgIpc) is 3.02. The molecule has 0 aliphatic heterocycles. The van der Waals surface area contributed by atoms with Crippen LogP contribution in [0, 0.1) is 6.07 Å². The van der Waals surface area contributed by atoms with Gasteiger partial charge in [-0.05, 0) is 36.6 Å². The van der Waals surface area contributed by atoms with Crippen molar-refractivity contribution in [3.63, 3.8) is 0 Å². The highest BCUT2D eigenvalue weighted by Crippen LogP contribution is 2.18. The molecule has 0 saturated heterocycles. The summed E-state index contributed by atoms with van der Waals surface area (Å²) in [6.07, 6.45) is 9.10. The van der Waals surface area contributed by atoms with Crippen LogP contribution < -0.4 is 0 Å². The van der Waals surface area contributed by atoms with E-state index >= 15 is 0 Å². The molecule has 0 bridgehead atoms. The van der Waals surface area contributed by atoms with Gasteiger partial charge in [-0.1, -0.05) is 68.5 Å². The number of benzene rings is 2. The van der Waals surface area contributed by atoms with E-state index in [0.717, 1.165) is 23.1 Å². The van der Waals surface area contributed by atoms with E-state index in [-0.39, 0.29) is 0 Å². The Balaban J connectivity index is 1.66. The van der Waals surface area contributed by atoms with Gasteiger partial charge in [0.2, 0.25) is 0 Å². The van der Waals surface area contributed by atoms with E-state index < -0.39 is 0 Å². The second-order valence-electron chi connectivity index (χ2n) is 6.09. The number of hydrogen-bond acceptors (Lipinski definition) is 2. The lowest BCUT2D eigenvalue weighted by molar-refractivity contribution is 0.607. The maximum absolute atomic E-state index is 4.27. The summed E-state index contributed by atoms with van der Waals surface area (Å²) in [5.74, 6) is 0. The van der Waals surface area contributed by atoms with E-state index in [1.807, 2.05) is 35.0 Å². The summed E-state index contributed by atoms with van der Waals surface area (Å²) < 4.78 is 1.88. The summed E-state index contributed by atoms with van der Waals surface area (Å²) in [6, 6.07) is 17.7. The van der Waals surface area contributed by atoms with Crippen LogP contribution in [0.2, 0.25) is 0 Å². The predicted octanol–water partition coefficient (Wildman–Crippen LogP) is 5.12. The molecule has 3 aromatic rings. The molecular formula is C20H24N3. The van der Waals surface area contributed by atoms with Gasteiger partial charge < -0.3 is 0 Å². The van der Waals surface area contributed by atoms with Gasteiger partial charge in [0.1, 0.15) is 5.52 Å². The zero-order valence-electron chi connectivity index (χ0n) is 13.8. The number of aromatic nitrogens is 3. The fraction of sp³-hybridized carbons (Fsp3) is 0.400. The van der Waals surface area contributed by atoms with E-state index in [1.165, 1.54) is 44.1 Å².